The van der Waals surface area contributed by atoms with Crippen LogP contribution >= 0.6 is 35.7 Å². The van der Waals surface area contributed by atoms with Crippen molar-refractivity contribution in [2.24, 2.45) is 0 Å². The molecule has 1 aliphatic heterocycles. The molecular formula is C11H15N2O12P3S. The summed E-state index contributed by atoms with van der Waals surface area (Å²) < 4.78 is 52.0. The standard InChI is InChI=1S/C11H15N2O12P3S/c1-2-7-5-13(11(14)12-10(7)29)9-4-3-8(23-9)6-22-27(18,19)25-28(20,21)24-26(15,16)17/h1,5,8-9H,3-4,6H2,(H,18,19)(H,20,21)(H,12,14,29)(H2,15,16,17)/t8-,9+/m0/s1. The van der Waals surface area contributed by atoms with E-state index in [4.69, 9.17) is 38.1 Å². The summed E-state index contributed by atoms with van der Waals surface area (Å²) in [5, 5.41) is 0. The van der Waals surface area contributed by atoms with Gasteiger partial charge in [-0.2, -0.15) is 8.62 Å². The van der Waals surface area contributed by atoms with E-state index < -0.39 is 48.1 Å². The van der Waals surface area contributed by atoms with Crippen LogP contribution in [0.2, 0.25) is 0 Å². The summed E-state index contributed by atoms with van der Waals surface area (Å²) in [5.74, 6) is 2.30. The predicted octanol–water partition coefficient (Wildman–Crippen LogP) is 0.908. The van der Waals surface area contributed by atoms with E-state index >= 15 is 0 Å². The highest BCUT2D eigenvalue weighted by molar-refractivity contribution is 7.71. The number of H-pyrrole nitrogens is 1. The van der Waals surface area contributed by atoms with Crippen LogP contribution in [0.3, 0.4) is 0 Å². The molecule has 1 saturated heterocycles. The maximum Gasteiger partial charge on any atom is 0.490 e. The molecule has 2 rings (SSSR count). The second-order valence-electron chi connectivity index (χ2n) is 5.53. The number of aromatic amines is 1. The number of nitrogens with one attached hydrogen (secondary N) is 1. The Kier molecular flexibility index (Phi) is 7.57. The molecule has 14 nitrogen and oxygen atoms in total. The van der Waals surface area contributed by atoms with Crippen LogP contribution in [0.1, 0.15) is 24.6 Å². The average molecular weight is 492 g/mol. The molecule has 0 spiro atoms. The average Bonchev–Trinajstić information content (AvgIpc) is 2.98. The van der Waals surface area contributed by atoms with Gasteiger partial charge in [-0.15, -0.1) is 6.42 Å². The van der Waals surface area contributed by atoms with E-state index in [0.717, 1.165) is 4.57 Å². The van der Waals surface area contributed by atoms with Gasteiger partial charge in [0.15, 0.2) is 0 Å². The lowest BCUT2D eigenvalue weighted by Gasteiger charge is -2.19. The third-order valence-electron chi connectivity index (χ3n) is 3.36. The van der Waals surface area contributed by atoms with Crippen LogP contribution in [0.25, 0.3) is 0 Å². The summed E-state index contributed by atoms with van der Waals surface area (Å²) in [6.45, 7) is -0.611. The number of ether oxygens (including phenoxy) is 1. The fourth-order valence-electron chi connectivity index (χ4n) is 2.30. The molecule has 0 saturated carbocycles. The second-order valence-corrected chi connectivity index (χ2v) is 10.4. The molecule has 18 heteroatoms. The predicted molar refractivity (Wildman–Crippen MR) is 96.8 cm³/mol. The molecule has 2 unspecified atom stereocenters. The first-order chi connectivity index (χ1) is 13.2. The van der Waals surface area contributed by atoms with Crippen LogP contribution in [0, 0.1) is 17.0 Å². The van der Waals surface area contributed by atoms with E-state index in [0.29, 0.717) is 6.42 Å². The molecule has 0 radical (unpaired) electrons. The van der Waals surface area contributed by atoms with Crippen molar-refractivity contribution in [1.82, 2.24) is 9.55 Å². The lowest BCUT2D eigenvalue weighted by molar-refractivity contribution is -0.0243. The minimum atomic E-state index is -5.60. The lowest BCUT2D eigenvalue weighted by atomic mass is 10.2. The van der Waals surface area contributed by atoms with Gasteiger partial charge in [0, 0.05) is 6.20 Å². The summed E-state index contributed by atoms with van der Waals surface area (Å²) in [6.07, 6.45) is 5.54. The maximum absolute atomic E-state index is 12.0. The highest BCUT2D eigenvalue weighted by atomic mass is 32.1. The fraction of sp³-hybridized carbons (Fsp3) is 0.455. The smallest absolute Gasteiger partial charge is 0.352 e. The monoisotopic (exact) mass is 492 g/mol. The van der Waals surface area contributed by atoms with Crippen LogP contribution < -0.4 is 5.69 Å². The molecule has 1 aromatic heterocycles. The lowest BCUT2D eigenvalue weighted by Crippen LogP contribution is -2.28. The molecule has 1 fully saturated rings. The number of phosphoric acid groups is 3. The van der Waals surface area contributed by atoms with Crippen molar-refractivity contribution in [2.45, 2.75) is 25.2 Å². The van der Waals surface area contributed by atoms with Crippen molar-refractivity contribution in [3.05, 3.63) is 26.9 Å². The van der Waals surface area contributed by atoms with E-state index in [2.05, 4.69) is 24.0 Å². The van der Waals surface area contributed by atoms with Crippen molar-refractivity contribution in [3.8, 4) is 12.3 Å². The van der Waals surface area contributed by atoms with Crippen molar-refractivity contribution < 1.29 is 51.2 Å². The topological polar surface area (TPSA) is 207 Å². The van der Waals surface area contributed by atoms with Crippen molar-refractivity contribution in [1.29, 1.82) is 0 Å². The fourth-order valence-corrected chi connectivity index (χ4v) is 5.54. The largest absolute Gasteiger partial charge is 0.490 e. The van der Waals surface area contributed by atoms with E-state index in [-0.39, 0.29) is 16.6 Å². The molecule has 2 heterocycles. The zero-order valence-electron chi connectivity index (χ0n) is 14.2. The molecule has 0 bridgehead atoms. The molecule has 0 aliphatic carbocycles. The van der Waals surface area contributed by atoms with Gasteiger partial charge in [0.1, 0.15) is 10.9 Å². The van der Waals surface area contributed by atoms with Gasteiger partial charge in [-0.25, -0.2) is 18.5 Å². The van der Waals surface area contributed by atoms with Crippen LogP contribution in [0.5, 0.6) is 0 Å². The molecular weight excluding hydrogens is 477 g/mol. The van der Waals surface area contributed by atoms with E-state index in [1.807, 2.05) is 0 Å². The third kappa shape index (κ3) is 7.34. The van der Waals surface area contributed by atoms with Gasteiger partial charge in [-0.3, -0.25) is 14.1 Å². The Morgan fingerprint density at radius 1 is 1.24 bits per heavy atom. The van der Waals surface area contributed by atoms with Gasteiger partial charge in [0.05, 0.1) is 18.3 Å². The number of hydrogen-bond donors (Lipinski definition) is 5. The Morgan fingerprint density at radius 2 is 1.90 bits per heavy atom. The maximum atomic E-state index is 12.0. The highest BCUT2D eigenvalue weighted by Crippen LogP contribution is 2.66. The molecule has 0 amide bonds. The zero-order valence-corrected chi connectivity index (χ0v) is 17.7. The summed E-state index contributed by atoms with van der Waals surface area (Å²) in [5.41, 5.74) is -0.340. The van der Waals surface area contributed by atoms with Gasteiger partial charge < -0.3 is 24.3 Å². The molecule has 162 valence electrons. The number of aromatic nitrogens is 2. The Balaban J connectivity index is 1.99. The Hall–Kier alpha value is -0.970. The first-order valence-electron chi connectivity index (χ1n) is 7.47. The van der Waals surface area contributed by atoms with Crippen molar-refractivity contribution >= 4 is 35.7 Å². The summed E-state index contributed by atoms with van der Waals surface area (Å²) in [4.78, 5) is 49.8. The molecule has 4 atom stereocenters. The van der Waals surface area contributed by atoms with Gasteiger partial charge in [0.2, 0.25) is 0 Å². The normalized spacial score (nSPS) is 23.8. The minimum Gasteiger partial charge on any atom is -0.352 e. The number of rotatable bonds is 8. The summed E-state index contributed by atoms with van der Waals surface area (Å²) >= 11 is 4.91. The molecule has 1 aliphatic rings. The first kappa shape index (κ1) is 24.3. The zero-order chi connectivity index (χ0) is 22.0. The number of nitrogens with zero attached hydrogens (tertiary/aromatic N) is 1. The molecule has 29 heavy (non-hydrogen) atoms. The quantitative estimate of drug-likeness (QED) is 0.195. The Morgan fingerprint density at radius 3 is 2.48 bits per heavy atom. The summed E-state index contributed by atoms with van der Waals surface area (Å²) in [6, 6.07) is 0. The van der Waals surface area contributed by atoms with Crippen LogP contribution in [-0.2, 0) is 31.6 Å². The minimum absolute atomic E-state index is 0.0796. The third-order valence-corrected chi connectivity index (χ3v) is 7.48. The van der Waals surface area contributed by atoms with Crippen molar-refractivity contribution in [2.75, 3.05) is 6.61 Å². The van der Waals surface area contributed by atoms with Gasteiger partial charge in [-0.05, 0) is 12.8 Å². The van der Waals surface area contributed by atoms with E-state index in [9.17, 15) is 23.4 Å². The van der Waals surface area contributed by atoms with E-state index in [1.54, 1.807) is 0 Å². The summed E-state index contributed by atoms with van der Waals surface area (Å²) in [7, 11) is -16.3. The number of phosphoric ester groups is 1. The molecule has 1 aromatic rings. The first-order valence-corrected chi connectivity index (χ1v) is 12.4. The molecule has 0 aromatic carbocycles. The van der Waals surface area contributed by atoms with Crippen molar-refractivity contribution in [3.63, 3.8) is 0 Å². The van der Waals surface area contributed by atoms with Gasteiger partial charge in [0.25, 0.3) is 0 Å². The van der Waals surface area contributed by atoms with Gasteiger partial charge >= 0.3 is 29.2 Å². The molecule has 5 N–H and O–H groups in total. The highest BCUT2D eigenvalue weighted by Gasteiger charge is 2.41. The SMILES string of the molecule is C#Cc1cn([C@H]2CC[C@@H](COP(=O)(O)OP(=O)(O)OP(=O)(O)O)O2)c(=O)[nH]c1=S. The van der Waals surface area contributed by atoms with Crippen LogP contribution in [-0.4, -0.2) is 41.8 Å². The van der Waals surface area contributed by atoms with Crippen LogP contribution in [0.4, 0.5) is 0 Å². The number of hydrogen-bond acceptors (Lipinski definition) is 9. The van der Waals surface area contributed by atoms with Gasteiger partial charge in [-0.1, -0.05) is 18.1 Å². The van der Waals surface area contributed by atoms with E-state index in [1.165, 1.54) is 6.20 Å². The Labute approximate surface area is 167 Å². The number of terminal acetylenes is 1. The van der Waals surface area contributed by atoms with Crippen LogP contribution in [0.15, 0.2) is 11.0 Å². The second kappa shape index (κ2) is 9.03. The Bertz CT molecular complexity index is 1070.